The highest BCUT2D eigenvalue weighted by Gasteiger charge is 2.23. The summed E-state index contributed by atoms with van der Waals surface area (Å²) in [7, 11) is 1.53. The van der Waals surface area contributed by atoms with Crippen LogP contribution in [-0.4, -0.2) is 34.0 Å². The van der Waals surface area contributed by atoms with Crippen molar-refractivity contribution in [2.45, 2.75) is 13.5 Å². The average molecular weight is 237 g/mol. The highest BCUT2D eigenvalue weighted by atomic mass is 16.4. The maximum atomic E-state index is 11.7. The molecule has 0 fully saturated rings. The number of aliphatic carboxylic acids is 1. The Bertz CT molecular complexity index is 430. The van der Waals surface area contributed by atoms with E-state index in [0.29, 0.717) is 0 Å². The summed E-state index contributed by atoms with van der Waals surface area (Å²) >= 11 is 0. The van der Waals surface area contributed by atoms with Crippen molar-refractivity contribution in [1.29, 1.82) is 0 Å². The maximum Gasteiger partial charge on any atom is 0.315 e. The van der Waals surface area contributed by atoms with Crippen LogP contribution in [0.1, 0.15) is 12.5 Å². The molecule has 0 aliphatic heterocycles. The molecule has 0 saturated heterocycles. The molecule has 5 nitrogen and oxygen atoms in total. The van der Waals surface area contributed by atoms with E-state index >= 15 is 0 Å². The van der Waals surface area contributed by atoms with Crippen molar-refractivity contribution < 1.29 is 19.8 Å². The normalized spacial score (nSPS) is 11.9. The lowest BCUT2D eigenvalue weighted by Gasteiger charge is -2.19. The second-order valence-electron chi connectivity index (χ2n) is 3.92. The molecule has 0 aliphatic carbocycles. The maximum absolute atomic E-state index is 11.7. The molecule has 0 heterocycles. The van der Waals surface area contributed by atoms with Crippen molar-refractivity contribution in [2.75, 3.05) is 7.05 Å². The van der Waals surface area contributed by atoms with Crippen LogP contribution < -0.4 is 0 Å². The van der Waals surface area contributed by atoms with Gasteiger partial charge in [0, 0.05) is 13.6 Å². The van der Waals surface area contributed by atoms with E-state index in [4.69, 9.17) is 5.11 Å². The van der Waals surface area contributed by atoms with Crippen LogP contribution in [0, 0.1) is 5.92 Å². The Hall–Kier alpha value is -2.04. The fourth-order valence-electron chi connectivity index (χ4n) is 1.44. The van der Waals surface area contributed by atoms with Gasteiger partial charge in [-0.1, -0.05) is 12.1 Å². The first-order valence-corrected chi connectivity index (χ1v) is 5.17. The van der Waals surface area contributed by atoms with Crippen molar-refractivity contribution in [3.05, 3.63) is 29.8 Å². The van der Waals surface area contributed by atoms with Gasteiger partial charge in [-0.25, -0.2) is 0 Å². The fourth-order valence-corrected chi connectivity index (χ4v) is 1.44. The number of amides is 1. The quantitative estimate of drug-likeness (QED) is 0.768. The smallest absolute Gasteiger partial charge is 0.315 e. The molecule has 92 valence electrons. The molecule has 17 heavy (non-hydrogen) atoms. The molecule has 1 unspecified atom stereocenters. The molecule has 1 amide bonds. The summed E-state index contributed by atoms with van der Waals surface area (Å²) in [5.74, 6) is -2.54. The topological polar surface area (TPSA) is 77.8 Å². The minimum Gasteiger partial charge on any atom is -0.508 e. The largest absolute Gasteiger partial charge is 0.508 e. The molecular formula is C12H15NO4. The van der Waals surface area contributed by atoms with Gasteiger partial charge < -0.3 is 15.1 Å². The molecule has 0 aromatic heterocycles. The summed E-state index contributed by atoms with van der Waals surface area (Å²) in [6, 6.07) is 6.50. The third-order valence-corrected chi connectivity index (χ3v) is 2.45. The van der Waals surface area contributed by atoms with Crippen molar-refractivity contribution in [3.63, 3.8) is 0 Å². The van der Waals surface area contributed by atoms with Crippen molar-refractivity contribution in [2.24, 2.45) is 5.92 Å². The molecule has 1 aromatic carbocycles. The Morgan fingerprint density at radius 2 is 2.06 bits per heavy atom. The monoisotopic (exact) mass is 237 g/mol. The molecule has 1 rings (SSSR count). The highest BCUT2D eigenvalue weighted by molar-refractivity contribution is 5.96. The number of phenols is 1. The molecule has 1 atom stereocenters. The van der Waals surface area contributed by atoms with E-state index in [1.807, 2.05) is 0 Å². The van der Waals surface area contributed by atoms with Crippen LogP contribution in [0.4, 0.5) is 0 Å². The minimum absolute atomic E-state index is 0.120. The zero-order chi connectivity index (χ0) is 13.0. The number of rotatable bonds is 4. The number of nitrogens with zero attached hydrogens (tertiary/aromatic N) is 1. The summed E-state index contributed by atoms with van der Waals surface area (Å²) < 4.78 is 0. The van der Waals surface area contributed by atoms with Gasteiger partial charge in [0.25, 0.3) is 0 Å². The van der Waals surface area contributed by atoms with E-state index < -0.39 is 17.8 Å². The fraction of sp³-hybridized carbons (Fsp3) is 0.333. The van der Waals surface area contributed by atoms with Crippen molar-refractivity contribution in [1.82, 2.24) is 4.90 Å². The predicted octanol–water partition coefficient (Wildman–Crippen LogP) is 1.07. The molecule has 0 aliphatic rings. The molecule has 5 heteroatoms. The third kappa shape index (κ3) is 3.48. The zero-order valence-corrected chi connectivity index (χ0v) is 9.75. The number of carboxylic acid groups (broad SMARTS) is 1. The van der Waals surface area contributed by atoms with Crippen molar-refractivity contribution in [3.8, 4) is 5.75 Å². The van der Waals surface area contributed by atoms with E-state index in [9.17, 15) is 14.7 Å². The standard InChI is InChI=1S/C12H15NO4/c1-8(12(16)17)11(15)13(2)7-9-4-3-5-10(14)6-9/h3-6,8,14H,7H2,1-2H3,(H,16,17). The second kappa shape index (κ2) is 5.34. The first-order valence-electron chi connectivity index (χ1n) is 5.17. The van der Waals surface area contributed by atoms with E-state index in [1.165, 1.54) is 31.0 Å². The summed E-state index contributed by atoms with van der Waals surface area (Å²) in [5, 5.41) is 18.0. The van der Waals surface area contributed by atoms with E-state index in [2.05, 4.69) is 0 Å². The number of carbonyl (C=O) groups is 2. The zero-order valence-electron chi connectivity index (χ0n) is 9.75. The minimum atomic E-state index is -1.14. The summed E-state index contributed by atoms with van der Waals surface area (Å²) in [6.45, 7) is 1.62. The van der Waals surface area contributed by atoms with Crippen LogP contribution in [0.2, 0.25) is 0 Å². The van der Waals surface area contributed by atoms with Gasteiger partial charge in [-0.15, -0.1) is 0 Å². The Balaban J connectivity index is 2.69. The Kier molecular flexibility index (Phi) is 4.09. The molecule has 2 N–H and O–H groups in total. The molecule has 0 bridgehead atoms. The number of carboxylic acids is 1. The van der Waals surface area contributed by atoms with Gasteiger partial charge in [-0.2, -0.15) is 0 Å². The Labute approximate surface area is 99.3 Å². The van der Waals surface area contributed by atoms with Crippen LogP contribution >= 0.6 is 0 Å². The van der Waals surface area contributed by atoms with Gasteiger partial charge in [0.1, 0.15) is 11.7 Å². The molecule has 0 radical (unpaired) electrons. The molecule has 0 saturated carbocycles. The molecule has 1 aromatic rings. The molecular weight excluding hydrogens is 222 g/mol. The summed E-state index contributed by atoms with van der Waals surface area (Å²) in [4.78, 5) is 23.6. The number of carbonyl (C=O) groups excluding carboxylic acids is 1. The number of benzene rings is 1. The lowest BCUT2D eigenvalue weighted by Crippen LogP contribution is -2.34. The summed E-state index contributed by atoms with van der Waals surface area (Å²) in [6.07, 6.45) is 0. The predicted molar refractivity (Wildman–Crippen MR) is 61.4 cm³/mol. The molecule has 0 spiro atoms. The number of hydrogen-bond acceptors (Lipinski definition) is 3. The van der Waals surface area contributed by atoms with Gasteiger partial charge in [-0.3, -0.25) is 9.59 Å². The lowest BCUT2D eigenvalue weighted by molar-refractivity contribution is -0.149. The second-order valence-corrected chi connectivity index (χ2v) is 3.92. The number of phenolic OH excluding ortho intramolecular Hbond substituents is 1. The third-order valence-electron chi connectivity index (χ3n) is 2.45. The average Bonchev–Trinajstić information content (AvgIpc) is 2.26. The Morgan fingerprint density at radius 1 is 1.41 bits per heavy atom. The van der Waals surface area contributed by atoms with Crippen molar-refractivity contribution >= 4 is 11.9 Å². The lowest BCUT2D eigenvalue weighted by atomic mass is 10.1. The number of aromatic hydroxyl groups is 1. The van der Waals surface area contributed by atoms with Gasteiger partial charge in [-0.05, 0) is 24.6 Å². The van der Waals surface area contributed by atoms with Gasteiger partial charge in [0.15, 0.2) is 0 Å². The van der Waals surface area contributed by atoms with Crippen LogP contribution in [0.5, 0.6) is 5.75 Å². The van der Waals surface area contributed by atoms with E-state index in [1.54, 1.807) is 12.1 Å². The van der Waals surface area contributed by atoms with Crippen LogP contribution in [-0.2, 0) is 16.1 Å². The van der Waals surface area contributed by atoms with E-state index in [-0.39, 0.29) is 12.3 Å². The van der Waals surface area contributed by atoms with Crippen LogP contribution in [0.25, 0.3) is 0 Å². The first kappa shape index (κ1) is 13.0. The van der Waals surface area contributed by atoms with Gasteiger partial charge >= 0.3 is 5.97 Å². The van der Waals surface area contributed by atoms with Gasteiger partial charge in [0.05, 0.1) is 0 Å². The highest BCUT2D eigenvalue weighted by Crippen LogP contribution is 2.13. The first-order chi connectivity index (χ1) is 7.91. The Morgan fingerprint density at radius 3 is 2.59 bits per heavy atom. The van der Waals surface area contributed by atoms with Crippen LogP contribution in [0.3, 0.4) is 0 Å². The summed E-state index contributed by atoms with van der Waals surface area (Å²) in [5.41, 5.74) is 0.749. The number of hydrogen-bond donors (Lipinski definition) is 2. The SMILES string of the molecule is CC(C(=O)O)C(=O)N(C)Cc1cccc(O)c1. The van der Waals surface area contributed by atoms with Crippen LogP contribution in [0.15, 0.2) is 24.3 Å². The van der Waals surface area contributed by atoms with E-state index in [0.717, 1.165) is 5.56 Å². The van der Waals surface area contributed by atoms with Gasteiger partial charge in [0.2, 0.25) is 5.91 Å².